The molecule has 1 unspecified atom stereocenters. The monoisotopic (exact) mass is 279 g/mol. The third kappa shape index (κ3) is 4.08. The van der Waals surface area contributed by atoms with Gasteiger partial charge in [-0.25, -0.2) is 9.97 Å². The molecule has 0 aliphatic heterocycles. The van der Waals surface area contributed by atoms with Crippen molar-refractivity contribution in [3.05, 3.63) is 11.9 Å². The Hall–Kier alpha value is -1.85. The molecule has 3 N–H and O–H groups in total. The van der Waals surface area contributed by atoms with Crippen molar-refractivity contribution in [3.63, 3.8) is 0 Å². The lowest BCUT2D eigenvalue weighted by Gasteiger charge is -2.22. The number of nitrogens with two attached hydrogens (primary N) is 1. The second-order valence-corrected chi connectivity index (χ2v) is 5.97. The van der Waals surface area contributed by atoms with E-state index in [2.05, 4.69) is 15.3 Å². The third-order valence-corrected chi connectivity index (χ3v) is 3.00. The van der Waals surface area contributed by atoms with Crippen LogP contribution in [-0.2, 0) is 10.2 Å². The number of amides is 1. The molecule has 0 spiro atoms. The van der Waals surface area contributed by atoms with Crippen molar-refractivity contribution in [2.45, 2.75) is 46.1 Å². The average molecular weight is 279 g/mol. The molecule has 0 saturated carbocycles. The quantitative estimate of drug-likeness (QED) is 0.875. The molecule has 1 amide bonds. The molecular formula is C14H25N5O. The van der Waals surface area contributed by atoms with Gasteiger partial charge in [0.15, 0.2) is 0 Å². The first-order chi connectivity index (χ1) is 9.15. The summed E-state index contributed by atoms with van der Waals surface area (Å²) in [6.07, 6.45) is 0. The first-order valence-corrected chi connectivity index (χ1v) is 6.81. The van der Waals surface area contributed by atoms with Gasteiger partial charge in [0.05, 0.1) is 0 Å². The number of nitrogens with one attached hydrogen (secondary N) is 1. The van der Waals surface area contributed by atoms with E-state index in [1.54, 1.807) is 18.0 Å². The molecule has 0 aliphatic rings. The van der Waals surface area contributed by atoms with E-state index in [-0.39, 0.29) is 17.4 Å². The van der Waals surface area contributed by atoms with E-state index in [1.807, 2.05) is 34.6 Å². The zero-order valence-electron chi connectivity index (χ0n) is 13.2. The molecular weight excluding hydrogens is 254 g/mol. The van der Waals surface area contributed by atoms with Gasteiger partial charge in [-0.1, -0.05) is 20.8 Å². The molecule has 1 heterocycles. The molecule has 0 saturated heterocycles. The van der Waals surface area contributed by atoms with Crippen LogP contribution < -0.4 is 11.1 Å². The molecule has 0 aliphatic carbocycles. The SMILES string of the molecule is CCN(C)C(=O)C(C)Nc1cc(N)nc(C(C)(C)C)n1. The van der Waals surface area contributed by atoms with E-state index in [1.165, 1.54) is 0 Å². The van der Waals surface area contributed by atoms with Crippen LogP contribution in [0.15, 0.2) is 6.07 Å². The maximum atomic E-state index is 12.0. The van der Waals surface area contributed by atoms with Crippen LogP contribution in [0, 0.1) is 0 Å². The van der Waals surface area contributed by atoms with E-state index in [9.17, 15) is 4.79 Å². The Bertz CT molecular complexity index is 481. The highest BCUT2D eigenvalue weighted by atomic mass is 16.2. The van der Waals surface area contributed by atoms with Crippen LogP contribution in [-0.4, -0.2) is 40.4 Å². The fourth-order valence-electron chi connectivity index (χ4n) is 1.65. The fourth-order valence-corrected chi connectivity index (χ4v) is 1.65. The number of carbonyl (C=O) groups excluding carboxylic acids is 1. The minimum atomic E-state index is -0.359. The van der Waals surface area contributed by atoms with Crippen LogP contribution in [0.5, 0.6) is 0 Å². The lowest BCUT2D eigenvalue weighted by Crippen LogP contribution is -2.39. The highest BCUT2D eigenvalue weighted by molar-refractivity contribution is 5.83. The number of rotatable bonds is 4. The van der Waals surface area contributed by atoms with Crippen LogP contribution in [0.3, 0.4) is 0 Å². The van der Waals surface area contributed by atoms with Crippen molar-refractivity contribution in [3.8, 4) is 0 Å². The molecule has 6 nitrogen and oxygen atoms in total. The zero-order valence-corrected chi connectivity index (χ0v) is 13.2. The second-order valence-electron chi connectivity index (χ2n) is 5.97. The smallest absolute Gasteiger partial charge is 0.244 e. The predicted octanol–water partition coefficient (Wildman–Crippen LogP) is 1.63. The van der Waals surface area contributed by atoms with Gasteiger partial charge in [-0.05, 0) is 13.8 Å². The van der Waals surface area contributed by atoms with Crippen molar-refractivity contribution < 1.29 is 4.79 Å². The number of aromatic nitrogens is 2. The largest absolute Gasteiger partial charge is 0.384 e. The Balaban J connectivity index is 2.93. The van der Waals surface area contributed by atoms with Crippen LogP contribution in [0.25, 0.3) is 0 Å². The minimum Gasteiger partial charge on any atom is -0.384 e. The van der Waals surface area contributed by atoms with Crippen molar-refractivity contribution in [1.29, 1.82) is 0 Å². The number of hydrogen-bond acceptors (Lipinski definition) is 5. The molecule has 1 atom stereocenters. The summed E-state index contributed by atoms with van der Waals surface area (Å²) in [5, 5.41) is 3.09. The molecule has 1 aromatic rings. The zero-order chi connectivity index (χ0) is 15.5. The standard InChI is InChI=1S/C14H25N5O/c1-7-19(6)12(20)9(2)16-11-8-10(15)17-13(18-11)14(3,4)5/h8-9H,7H2,1-6H3,(H3,15,16,17,18). The van der Waals surface area contributed by atoms with Gasteiger partial charge < -0.3 is 16.0 Å². The number of likely N-dealkylation sites (N-methyl/N-ethyl adjacent to an activating group) is 1. The number of carbonyl (C=O) groups is 1. The molecule has 0 fully saturated rings. The number of nitrogen functional groups attached to an aromatic ring is 1. The normalized spacial score (nSPS) is 12.9. The summed E-state index contributed by atoms with van der Waals surface area (Å²) in [5.74, 6) is 1.65. The average Bonchev–Trinajstić information content (AvgIpc) is 2.35. The number of nitrogens with zero attached hydrogens (tertiary/aromatic N) is 3. The second kappa shape index (κ2) is 6.07. The minimum absolute atomic E-state index is 0.0157. The van der Waals surface area contributed by atoms with Gasteiger partial charge in [-0.15, -0.1) is 0 Å². The first kappa shape index (κ1) is 16.2. The van der Waals surface area contributed by atoms with Crippen molar-refractivity contribution in [1.82, 2.24) is 14.9 Å². The Labute approximate surface area is 120 Å². The van der Waals surface area contributed by atoms with Gasteiger partial charge in [0.25, 0.3) is 0 Å². The summed E-state index contributed by atoms with van der Waals surface area (Å²) < 4.78 is 0. The summed E-state index contributed by atoms with van der Waals surface area (Å²) in [7, 11) is 1.77. The lowest BCUT2D eigenvalue weighted by atomic mass is 9.96. The van der Waals surface area contributed by atoms with E-state index in [4.69, 9.17) is 5.73 Å². The van der Waals surface area contributed by atoms with Gasteiger partial charge in [0, 0.05) is 25.1 Å². The van der Waals surface area contributed by atoms with E-state index >= 15 is 0 Å². The van der Waals surface area contributed by atoms with E-state index in [0.717, 1.165) is 0 Å². The molecule has 0 bridgehead atoms. The summed E-state index contributed by atoms with van der Waals surface area (Å²) in [4.78, 5) is 22.4. The van der Waals surface area contributed by atoms with Crippen LogP contribution >= 0.6 is 0 Å². The first-order valence-electron chi connectivity index (χ1n) is 6.81. The van der Waals surface area contributed by atoms with Crippen molar-refractivity contribution >= 4 is 17.5 Å². The highest BCUT2D eigenvalue weighted by Gasteiger charge is 2.21. The van der Waals surface area contributed by atoms with Gasteiger partial charge in [-0.3, -0.25) is 4.79 Å². The molecule has 20 heavy (non-hydrogen) atoms. The topological polar surface area (TPSA) is 84.1 Å². The maximum Gasteiger partial charge on any atom is 0.244 e. The van der Waals surface area contributed by atoms with Gasteiger partial charge in [0.1, 0.15) is 23.5 Å². The van der Waals surface area contributed by atoms with E-state index in [0.29, 0.717) is 24.0 Å². The molecule has 1 rings (SSSR count). The van der Waals surface area contributed by atoms with Crippen LogP contribution in [0.4, 0.5) is 11.6 Å². The van der Waals surface area contributed by atoms with Crippen LogP contribution in [0.1, 0.15) is 40.4 Å². The Kier molecular flexibility index (Phi) is 4.92. The fraction of sp³-hybridized carbons (Fsp3) is 0.643. The lowest BCUT2D eigenvalue weighted by molar-refractivity contribution is -0.130. The number of hydrogen-bond donors (Lipinski definition) is 2. The number of anilines is 2. The van der Waals surface area contributed by atoms with Crippen molar-refractivity contribution in [2.24, 2.45) is 0 Å². The van der Waals surface area contributed by atoms with Crippen LogP contribution in [0.2, 0.25) is 0 Å². The van der Waals surface area contributed by atoms with Gasteiger partial charge in [0.2, 0.25) is 5.91 Å². The summed E-state index contributed by atoms with van der Waals surface area (Å²) in [6.45, 7) is 10.5. The molecule has 0 radical (unpaired) electrons. The Morgan fingerprint density at radius 2 is 2.05 bits per heavy atom. The highest BCUT2D eigenvalue weighted by Crippen LogP contribution is 2.21. The Morgan fingerprint density at radius 1 is 1.45 bits per heavy atom. The van der Waals surface area contributed by atoms with Gasteiger partial charge in [-0.2, -0.15) is 0 Å². The predicted molar refractivity (Wildman–Crippen MR) is 81.5 cm³/mol. The van der Waals surface area contributed by atoms with Gasteiger partial charge >= 0.3 is 0 Å². The Morgan fingerprint density at radius 3 is 2.55 bits per heavy atom. The summed E-state index contributed by atoms with van der Waals surface area (Å²) in [6, 6.07) is 1.28. The third-order valence-electron chi connectivity index (χ3n) is 3.00. The van der Waals surface area contributed by atoms with Crippen molar-refractivity contribution in [2.75, 3.05) is 24.6 Å². The molecule has 6 heteroatoms. The summed E-state index contributed by atoms with van der Waals surface area (Å²) in [5.41, 5.74) is 5.61. The molecule has 0 aromatic carbocycles. The summed E-state index contributed by atoms with van der Waals surface area (Å²) >= 11 is 0. The molecule has 112 valence electrons. The maximum absolute atomic E-state index is 12.0. The molecule has 1 aromatic heterocycles. The van der Waals surface area contributed by atoms with E-state index < -0.39 is 0 Å².